The fraction of sp³-hybridized carbons (Fsp3) is 0.324. The monoisotopic (exact) mass is 746 g/mol. The number of piperidine rings is 1. The quantitative estimate of drug-likeness (QED) is 0.0344. The molecule has 0 radical (unpaired) electrons. The van der Waals surface area contributed by atoms with Gasteiger partial charge in [0.05, 0.1) is 21.3 Å². The van der Waals surface area contributed by atoms with Crippen LogP contribution in [0.2, 0.25) is 5.02 Å². The van der Waals surface area contributed by atoms with Crippen LogP contribution in [0.4, 0.5) is 10.1 Å². The highest BCUT2D eigenvalue weighted by molar-refractivity contribution is 8.13. The molecule has 3 heterocycles. The molecule has 0 amide bonds. The molecule has 0 unspecified atom stereocenters. The number of nitrogens with two attached hydrogens (primary N) is 2. The van der Waals surface area contributed by atoms with Gasteiger partial charge in [-0.1, -0.05) is 41.9 Å². The van der Waals surface area contributed by atoms with E-state index in [0.717, 1.165) is 42.6 Å². The molecule has 12 nitrogen and oxygen atoms in total. The van der Waals surface area contributed by atoms with Crippen molar-refractivity contribution in [1.82, 2.24) is 19.9 Å². The summed E-state index contributed by atoms with van der Waals surface area (Å²) in [5, 5.41) is 22.8. The van der Waals surface area contributed by atoms with Crippen LogP contribution in [0.15, 0.2) is 77.7 Å². The first-order chi connectivity index (χ1) is 25.0. The number of fused-ring (bicyclic) bond motifs is 1. The standard InChI is InChI=1S/C37H40ClFN8O4S/c38-31-18-22(3-1-4-25(40)21-51-29-13-11-28(12-14-29)47(49)50)17-30(34(31)39)33-19-24-20-46(37(48)45-35(24)44-33)27-9-7-23(8-10-27)32-6-2-5-26(43-32)15-16-52-36(41)42/h7-14,17-20,25-26,32,43H,1-6,15-16,21,40H2,(H3,41,42)(H,44,45,48)/t25-,26+,32+/m1/s1. The van der Waals surface area contributed by atoms with Crippen molar-refractivity contribution < 1.29 is 14.1 Å². The Morgan fingerprint density at radius 1 is 1.17 bits per heavy atom. The maximum atomic E-state index is 15.4. The molecule has 15 heteroatoms. The number of benzene rings is 3. The Morgan fingerprint density at radius 3 is 2.67 bits per heavy atom. The van der Waals surface area contributed by atoms with E-state index in [4.69, 9.17) is 33.2 Å². The number of non-ortho nitro benzene ring substituents is 1. The second-order valence-electron chi connectivity index (χ2n) is 13.0. The molecular weight excluding hydrogens is 707 g/mol. The topological polar surface area (TPSA) is 191 Å². The molecule has 0 aliphatic carbocycles. The summed E-state index contributed by atoms with van der Waals surface area (Å²) >= 11 is 7.70. The van der Waals surface area contributed by atoms with Gasteiger partial charge in [-0.3, -0.25) is 20.1 Å². The first-order valence-corrected chi connectivity index (χ1v) is 18.5. The number of H-pyrrole nitrogens is 1. The number of hydrogen-bond acceptors (Lipinski definition) is 9. The van der Waals surface area contributed by atoms with Gasteiger partial charge in [-0.25, -0.2) is 9.18 Å². The van der Waals surface area contributed by atoms with E-state index in [9.17, 15) is 14.9 Å². The zero-order chi connectivity index (χ0) is 36.8. The van der Waals surface area contributed by atoms with Gasteiger partial charge in [0, 0.05) is 53.2 Å². The van der Waals surface area contributed by atoms with Crippen LogP contribution in [0.25, 0.3) is 28.0 Å². The predicted octanol–water partition coefficient (Wildman–Crippen LogP) is 7.01. The largest absolute Gasteiger partial charge is 0.492 e. The van der Waals surface area contributed by atoms with Crippen molar-refractivity contribution >= 4 is 45.3 Å². The number of aryl methyl sites for hydroxylation is 1. The molecule has 0 saturated carbocycles. The van der Waals surface area contributed by atoms with Crippen LogP contribution in [0.1, 0.15) is 55.7 Å². The number of nitrogens with zero attached hydrogens (tertiary/aromatic N) is 3. The van der Waals surface area contributed by atoms with Crippen LogP contribution in [-0.2, 0) is 6.42 Å². The lowest BCUT2D eigenvalue weighted by Crippen LogP contribution is -2.37. The highest BCUT2D eigenvalue weighted by Crippen LogP contribution is 2.32. The molecule has 1 saturated heterocycles. The van der Waals surface area contributed by atoms with E-state index in [1.54, 1.807) is 24.4 Å². The van der Waals surface area contributed by atoms with Gasteiger partial charge in [-0.2, -0.15) is 4.98 Å². The number of hydrogen-bond donors (Lipinski definition) is 5. The molecule has 1 fully saturated rings. The number of halogens is 2. The Labute approximate surface area is 308 Å². The fourth-order valence-electron chi connectivity index (χ4n) is 6.52. The summed E-state index contributed by atoms with van der Waals surface area (Å²) in [7, 11) is 0. The smallest absolute Gasteiger partial charge is 0.354 e. The minimum absolute atomic E-state index is 0.0153. The molecule has 3 atom stereocenters. The molecule has 272 valence electrons. The number of rotatable bonds is 14. The molecule has 3 aromatic carbocycles. The minimum atomic E-state index is -0.577. The van der Waals surface area contributed by atoms with Gasteiger partial charge in [-0.05, 0) is 92.1 Å². The molecule has 6 rings (SSSR count). The Bertz CT molecular complexity index is 2110. The molecule has 52 heavy (non-hydrogen) atoms. The van der Waals surface area contributed by atoms with Crippen molar-refractivity contribution in [2.45, 2.75) is 63.1 Å². The van der Waals surface area contributed by atoms with Crippen molar-refractivity contribution in [2.24, 2.45) is 11.5 Å². The van der Waals surface area contributed by atoms with Crippen LogP contribution in [0, 0.1) is 21.3 Å². The minimum Gasteiger partial charge on any atom is -0.492 e. The average molecular weight is 747 g/mol. The van der Waals surface area contributed by atoms with E-state index in [0.29, 0.717) is 53.5 Å². The number of nitro benzene ring substituents is 1. The van der Waals surface area contributed by atoms with Gasteiger partial charge in [0.15, 0.2) is 11.0 Å². The normalized spacial score (nSPS) is 16.5. The molecule has 2 aromatic heterocycles. The number of nitrogens with one attached hydrogen (secondary N) is 3. The predicted molar refractivity (Wildman–Crippen MR) is 204 cm³/mol. The maximum Gasteiger partial charge on any atom is 0.354 e. The zero-order valence-corrected chi connectivity index (χ0v) is 29.9. The first kappa shape index (κ1) is 37.0. The second kappa shape index (κ2) is 16.7. The third kappa shape index (κ3) is 9.17. The number of aromatic nitrogens is 3. The molecule has 1 aliphatic rings. The lowest BCUT2D eigenvalue weighted by Gasteiger charge is -2.31. The Morgan fingerprint density at radius 2 is 1.94 bits per heavy atom. The summed E-state index contributed by atoms with van der Waals surface area (Å²) in [6.45, 7) is 0.239. The van der Waals surface area contributed by atoms with E-state index in [-0.39, 0.29) is 40.1 Å². The Hall–Kier alpha value is -4.76. The van der Waals surface area contributed by atoms with Crippen molar-refractivity contribution in [3.8, 4) is 22.7 Å². The van der Waals surface area contributed by atoms with Gasteiger partial charge < -0.3 is 26.5 Å². The molecule has 0 bridgehead atoms. The fourth-order valence-corrected chi connectivity index (χ4v) is 7.38. The molecule has 7 N–H and O–H groups in total. The van der Waals surface area contributed by atoms with Crippen LogP contribution >= 0.6 is 23.4 Å². The molecular formula is C37H40ClFN8O4S. The summed E-state index contributed by atoms with van der Waals surface area (Å²) in [6.07, 6.45) is 7.77. The number of nitro groups is 1. The zero-order valence-electron chi connectivity index (χ0n) is 28.3. The van der Waals surface area contributed by atoms with Gasteiger partial charge in [0.25, 0.3) is 5.69 Å². The Balaban J connectivity index is 1.10. The third-order valence-corrected chi connectivity index (χ3v) is 10.2. The van der Waals surface area contributed by atoms with Gasteiger partial charge in [-0.15, -0.1) is 0 Å². The van der Waals surface area contributed by atoms with Gasteiger partial charge in [0.2, 0.25) is 0 Å². The third-order valence-electron chi connectivity index (χ3n) is 9.22. The van der Waals surface area contributed by atoms with E-state index < -0.39 is 16.4 Å². The van der Waals surface area contributed by atoms with Gasteiger partial charge >= 0.3 is 5.69 Å². The summed E-state index contributed by atoms with van der Waals surface area (Å²) < 4.78 is 22.5. The summed E-state index contributed by atoms with van der Waals surface area (Å²) in [4.78, 5) is 30.9. The summed E-state index contributed by atoms with van der Waals surface area (Å²) in [5.41, 5.74) is 14.9. The highest BCUT2D eigenvalue weighted by Gasteiger charge is 2.22. The Kier molecular flexibility index (Phi) is 11.9. The van der Waals surface area contributed by atoms with E-state index in [2.05, 4.69) is 15.3 Å². The van der Waals surface area contributed by atoms with E-state index in [1.165, 1.54) is 40.6 Å². The number of amidine groups is 1. The SMILES string of the molecule is N=C(N)SCC[C@@H]1CCC[C@@H](c2ccc(-n3cc4cc(-c5cc(CCC[C@@H](N)COc6ccc([N+](=O)[O-])cc6)cc(Cl)c5F)[nH]c4nc3=O)cc2)N1. The molecule has 0 spiro atoms. The van der Waals surface area contributed by atoms with Gasteiger partial charge in [0.1, 0.15) is 18.0 Å². The average Bonchev–Trinajstić information content (AvgIpc) is 3.54. The number of thioether (sulfide) groups is 1. The number of aromatic amines is 1. The molecule has 5 aromatic rings. The lowest BCUT2D eigenvalue weighted by atomic mass is 9.92. The summed E-state index contributed by atoms with van der Waals surface area (Å²) in [6, 6.07) is 19.1. The van der Waals surface area contributed by atoms with E-state index in [1.807, 2.05) is 24.3 Å². The van der Waals surface area contributed by atoms with Crippen molar-refractivity contribution in [3.63, 3.8) is 0 Å². The summed E-state index contributed by atoms with van der Waals surface area (Å²) in [5.74, 6) is 0.730. The maximum absolute atomic E-state index is 15.4. The van der Waals surface area contributed by atoms with Crippen LogP contribution in [0.5, 0.6) is 5.75 Å². The highest BCUT2D eigenvalue weighted by atomic mass is 35.5. The van der Waals surface area contributed by atoms with Crippen LogP contribution in [0.3, 0.4) is 0 Å². The first-order valence-electron chi connectivity index (χ1n) is 17.1. The van der Waals surface area contributed by atoms with E-state index >= 15 is 4.39 Å². The van der Waals surface area contributed by atoms with Crippen molar-refractivity contribution in [3.05, 3.63) is 115 Å². The van der Waals surface area contributed by atoms with Crippen molar-refractivity contribution in [2.75, 3.05) is 12.4 Å². The second-order valence-corrected chi connectivity index (χ2v) is 14.5. The van der Waals surface area contributed by atoms with Crippen LogP contribution < -0.4 is 27.2 Å². The van der Waals surface area contributed by atoms with Crippen LogP contribution in [-0.4, -0.2) is 49.1 Å². The molecule has 1 aliphatic heterocycles. The van der Waals surface area contributed by atoms with Crippen molar-refractivity contribution in [1.29, 1.82) is 5.41 Å². The lowest BCUT2D eigenvalue weighted by molar-refractivity contribution is -0.384. The number of ether oxygens (including phenoxy) is 1.